The van der Waals surface area contributed by atoms with Crippen LogP contribution in [0.2, 0.25) is 0 Å². The van der Waals surface area contributed by atoms with Crippen molar-refractivity contribution in [2.45, 2.75) is 12.8 Å². The Morgan fingerprint density at radius 1 is 0.760 bits per heavy atom. The molecule has 122 valence electrons. The zero-order valence-electron chi connectivity index (χ0n) is 13.9. The quantitative estimate of drug-likeness (QED) is 0.471. The smallest absolute Gasteiger partial charge is 0.205 e. The van der Waals surface area contributed by atoms with Crippen molar-refractivity contribution in [2.24, 2.45) is 0 Å². The third-order valence-corrected chi connectivity index (χ3v) is 5.06. The molecule has 0 spiro atoms. The minimum Gasteiger partial charge on any atom is -0.205 e. The molecule has 1 atom stereocenters. The number of fused-ring (bicyclic) bond motifs is 1. The molecule has 0 aromatic heterocycles. The van der Waals surface area contributed by atoms with Gasteiger partial charge in [-0.05, 0) is 36.3 Å². The third-order valence-electron chi connectivity index (χ3n) is 4.59. The first kappa shape index (κ1) is 15.9. The molecule has 4 rings (SSSR count). The van der Waals surface area contributed by atoms with E-state index in [1.54, 1.807) is 0 Å². The third kappa shape index (κ3) is 2.92. The zero-order chi connectivity index (χ0) is 17.2. The Hall–Kier alpha value is -2.64. The molecule has 3 aromatic carbocycles. The van der Waals surface area contributed by atoms with Gasteiger partial charge in [-0.3, -0.25) is 0 Å². The first-order valence-electron chi connectivity index (χ1n) is 8.36. The molecule has 0 N–H and O–H groups in total. The van der Waals surface area contributed by atoms with Crippen LogP contribution in [-0.4, -0.2) is 5.78 Å². The van der Waals surface area contributed by atoms with Crippen molar-refractivity contribution in [2.75, 3.05) is 0 Å². The fourth-order valence-corrected chi connectivity index (χ4v) is 3.61. The molecule has 0 amide bonds. The Kier molecular flexibility index (Phi) is 4.25. The summed E-state index contributed by atoms with van der Waals surface area (Å²) < 4.78 is 6.30. The van der Waals surface area contributed by atoms with E-state index in [4.69, 9.17) is 16.0 Å². The fourth-order valence-electron chi connectivity index (χ4n) is 3.36. The first-order valence-corrected chi connectivity index (χ1v) is 8.74. The predicted molar refractivity (Wildman–Crippen MR) is 103 cm³/mol. The summed E-state index contributed by atoms with van der Waals surface area (Å²) in [6.07, 6.45) is 0. The van der Waals surface area contributed by atoms with Crippen LogP contribution >= 0.6 is 11.6 Å². The molecule has 25 heavy (non-hydrogen) atoms. The summed E-state index contributed by atoms with van der Waals surface area (Å²) in [6.45, 7) is 2.09. The maximum atomic E-state index is 6.82. The van der Waals surface area contributed by atoms with E-state index < -0.39 is 0 Å². The number of rotatable bonds is 2. The summed E-state index contributed by atoms with van der Waals surface area (Å²) in [4.78, 5) is 0. The van der Waals surface area contributed by atoms with E-state index in [2.05, 4.69) is 37.3 Å². The van der Waals surface area contributed by atoms with Gasteiger partial charge in [-0.15, -0.1) is 0 Å². The SMILES string of the molecule is CC1=C(Cl)C(c2ccccc2)=[O+]c2ccccc2C1c1ccccc1. The number of benzene rings is 3. The standard InChI is InChI=1S/C23H18ClO/c1-16-21(17-10-4-2-5-11-17)19-14-8-9-15-20(19)25-23(22(16)24)18-12-6-3-7-13-18/h2-15,21H,1H3/q+1. The highest BCUT2D eigenvalue weighted by Crippen LogP contribution is 2.43. The average molecular weight is 346 g/mol. The Balaban J connectivity index is 1.98. The van der Waals surface area contributed by atoms with Crippen molar-refractivity contribution in [3.05, 3.63) is 112 Å². The monoisotopic (exact) mass is 345 g/mol. The fraction of sp³-hybridized carbons (Fsp3) is 0.0870. The van der Waals surface area contributed by atoms with Crippen LogP contribution in [-0.2, 0) is 0 Å². The molecule has 0 radical (unpaired) electrons. The molecular weight excluding hydrogens is 328 g/mol. The minimum absolute atomic E-state index is 0.0751. The first-order chi connectivity index (χ1) is 12.3. The molecule has 0 bridgehead atoms. The molecule has 0 saturated heterocycles. The van der Waals surface area contributed by atoms with Crippen LogP contribution in [0.4, 0.5) is 0 Å². The summed E-state index contributed by atoms with van der Waals surface area (Å²) >= 11 is 6.82. The van der Waals surface area contributed by atoms with E-state index in [1.807, 2.05) is 54.6 Å². The van der Waals surface area contributed by atoms with Gasteiger partial charge in [-0.2, -0.15) is 0 Å². The lowest BCUT2D eigenvalue weighted by molar-refractivity contribution is -0.165. The molecule has 0 aliphatic carbocycles. The van der Waals surface area contributed by atoms with Gasteiger partial charge in [0.05, 0.1) is 11.1 Å². The van der Waals surface area contributed by atoms with Crippen molar-refractivity contribution in [3.8, 4) is 5.75 Å². The Morgan fingerprint density at radius 3 is 2.08 bits per heavy atom. The maximum Gasteiger partial charge on any atom is 0.379 e. The molecular formula is C23H18ClO+. The summed E-state index contributed by atoms with van der Waals surface area (Å²) in [5.74, 6) is 1.64. The number of carbonyl (C=O) groups excluding carboxylic acids is 1. The van der Waals surface area contributed by atoms with Gasteiger partial charge in [0.2, 0.25) is 0 Å². The van der Waals surface area contributed by atoms with E-state index in [1.165, 1.54) is 5.56 Å². The second-order valence-electron chi connectivity index (χ2n) is 6.18. The number of halogens is 1. The van der Waals surface area contributed by atoms with Gasteiger partial charge in [-0.25, -0.2) is 4.42 Å². The molecule has 2 heteroatoms. The second kappa shape index (κ2) is 6.70. The highest BCUT2D eigenvalue weighted by atomic mass is 35.5. The largest absolute Gasteiger partial charge is 0.379 e. The molecule has 1 unspecified atom stereocenters. The molecule has 3 aromatic rings. The number of para-hydroxylation sites is 1. The van der Waals surface area contributed by atoms with Crippen molar-refractivity contribution in [3.63, 3.8) is 0 Å². The summed E-state index contributed by atoms with van der Waals surface area (Å²) in [7, 11) is 0. The number of hydrogen-bond donors (Lipinski definition) is 0. The van der Waals surface area contributed by atoms with Gasteiger partial charge in [-0.1, -0.05) is 72.3 Å². The zero-order valence-corrected chi connectivity index (χ0v) is 14.7. The predicted octanol–water partition coefficient (Wildman–Crippen LogP) is 6.48. The number of allylic oxidation sites excluding steroid dienone is 2. The van der Waals surface area contributed by atoms with Gasteiger partial charge in [0.15, 0.2) is 0 Å². The van der Waals surface area contributed by atoms with E-state index in [-0.39, 0.29) is 5.92 Å². The lowest BCUT2D eigenvalue weighted by Gasteiger charge is -2.16. The summed E-state index contributed by atoms with van der Waals surface area (Å²) in [5.41, 5.74) is 4.42. The van der Waals surface area contributed by atoms with Crippen LogP contribution in [0.1, 0.15) is 34.0 Å². The topological polar surface area (TPSA) is 11.3 Å². The van der Waals surface area contributed by atoms with E-state index in [0.717, 1.165) is 22.4 Å². The van der Waals surface area contributed by atoms with Crippen LogP contribution in [0.3, 0.4) is 0 Å². The lowest BCUT2D eigenvalue weighted by Crippen LogP contribution is -2.06. The van der Waals surface area contributed by atoms with Gasteiger partial charge in [0.25, 0.3) is 0 Å². The molecule has 0 saturated carbocycles. The summed E-state index contributed by atoms with van der Waals surface area (Å²) in [6, 6.07) is 28.7. The second-order valence-corrected chi connectivity index (χ2v) is 6.55. The molecule has 1 aliphatic heterocycles. The van der Waals surface area contributed by atoms with Gasteiger partial charge >= 0.3 is 11.5 Å². The molecule has 1 nitrogen and oxygen atoms in total. The number of ketones is 1. The normalized spacial score (nSPS) is 16.9. The van der Waals surface area contributed by atoms with Crippen LogP contribution in [0.15, 0.2) is 95.5 Å². The van der Waals surface area contributed by atoms with Crippen LogP contribution in [0.25, 0.3) is 0 Å². The minimum atomic E-state index is 0.0751. The van der Waals surface area contributed by atoms with Crippen LogP contribution < -0.4 is 0 Å². The number of hydrogen-bond acceptors (Lipinski definition) is 0. The van der Waals surface area contributed by atoms with Crippen molar-refractivity contribution < 1.29 is 4.42 Å². The van der Waals surface area contributed by atoms with Crippen molar-refractivity contribution in [1.29, 1.82) is 0 Å². The van der Waals surface area contributed by atoms with E-state index in [9.17, 15) is 0 Å². The van der Waals surface area contributed by atoms with Crippen molar-refractivity contribution >= 4 is 17.4 Å². The van der Waals surface area contributed by atoms with Gasteiger partial charge in [0, 0.05) is 12.0 Å². The summed E-state index contributed by atoms with van der Waals surface area (Å²) in [5, 5.41) is 0.677. The molecule has 1 heterocycles. The Bertz CT molecular complexity index is 956. The highest BCUT2D eigenvalue weighted by Gasteiger charge is 2.34. The Labute approximate surface area is 152 Å². The molecule has 1 aliphatic rings. The van der Waals surface area contributed by atoms with Crippen molar-refractivity contribution in [1.82, 2.24) is 0 Å². The highest BCUT2D eigenvalue weighted by molar-refractivity contribution is 6.45. The molecule has 0 fully saturated rings. The van der Waals surface area contributed by atoms with Gasteiger partial charge < -0.3 is 0 Å². The van der Waals surface area contributed by atoms with E-state index in [0.29, 0.717) is 10.8 Å². The average Bonchev–Trinajstić information content (AvgIpc) is 2.78. The lowest BCUT2D eigenvalue weighted by atomic mass is 9.84. The Morgan fingerprint density at radius 2 is 1.36 bits per heavy atom. The van der Waals surface area contributed by atoms with Crippen LogP contribution in [0.5, 0.6) is 5.75 Å². The van der Waals surface area contributed by atoms with Crippen LogP contribution in [0, 0.1) is 0 Å². The maximum absolute atomic E-state index is 6.82. The van der Waals surface area contributed by atoms with Gasteiger partial charge in [0.1, 0.15) is 5.03 Å². The van der Waals surface area contributed by atoms with E-state index >= 15 is 0 Å².